The van der Waals surface area contributed by atoms with E-state index in [2.05, 4.69) is 36.4 Å². The predicted molar refractivity (Wildman–Crippen MR) is 75.5 cm³/mol. The van der Waals surface area contributed by atoms with Crippen LogP contribution in [0.15, 0.2) is 6.07 Å². The zero-order valence-corrected chi connectivity index (χ0v) is 12.5. The Hall–Kier alpha value is -1.39. The van der Waals surface area contributed by atoms with Gasteiger partial charge in [-0.05, 0) is 25.7 Å². The molecule has 0 fully saturated rings. The molecule has 0 aliphatic heterocycles. The van der Waals surface area contributed by atoms with Gasteiger partial charge in [-0.25, -0.2) is 13.8 Å². The molecule has 5 heteroatoms. The first kappa shape index (κ1) is 15.7. The normalized spacial score (nSPS) is 12.4. The minimum absolute atomic E-state index is 0.0375. The highest BCUT2D eigenvalue weighted by molar-refractivity contribution is 5.48. The quantitative estimate of drug-likeness (QED) is 0.868. The molecule has 0 radical (unpaired) electrons. The molecule has 3 nitrogen and oxygen atoms in total. The Balaban J connectivity index is 2.99. The Labute approximate surface area is 113 Å². The minimum Gasteiger partial charge on any atom is -0.371 e. The molecule has 0 atom stereocenters. The van der Waals surface area contributed by atoms with E-state index in [9.17, 15) is 8.78 Å². The fourth-order valence-corrected chi connectivity index (χ4v) is 2.42. The van der Waals surface area contributed by atoms with Gasteiger partial charge in [0.2, 0.25) is 0 Å². The van der Waals surface area contributed by atoms with Crippen LogP contribution in [0.2, 0.25) is 0 Å². The first-order valence-corrected chi connectivity index (χ1v) is 6.36. The lowest BCUT2D eigenvalue weighted by Gasteiger charge is -2.34. The van der Waals surface area contributed by atoms with Crippen molar-refractivity contribution >= 4 is 11.6 Å². The first-order valence-electron chi connectivity index (χ1n) is 6.36. The number of aromatic nitrogens is 1. The largest absolute Gasteiger partial charge is 0.371 e. The van der Waals surface area contributed by atoms with Crippen molar-refractivity contribution in [2.75, 3.05) is 17.7 Å². The first-order chi connectivity index (χ1) is 8.54. The Kier molecular flexibility index (Phi) is 4.38. The van der Waals surface area contributed by atoms with Gasteiger partial charge in [0, 0.05) is 18.7 Å². The predicted octanol–water partition coefficient (Wildman–Crippen LogP) is 4.03. The molecule has 0 amide bonds. The number of hydrogen-bond acceptors (Lipinski definition) is 3. The fraction of sp³-hybridized carbons (Fsp3) is 0.643. The molecule has 19 heavy (non-hydrogen) atoms. The van der Waals surface area contributed by atoms with Crippen LogP contribution in [0, 0.1) is 17.0 Å². The van der Waals surface area contributed by atoms with Crippen LogP contribution >= 0.6 is 0 Å². The van der Waals surface area contributed by atoms with E-state index >= 15 is 0 Å². The van der Waals surface area contributed by atoms with Gasteiger partial charge in [0.25, 0.3) is 0 Å². The zero-order valence-electron chi connectivity index (χ0n) is 12.5. The van der Waals surface area contributed by atoms with Gasteiger partial charge in [-0.3, -0.25) is 0 Å². The van der Waals surface area contributed by atoms with Crippen molar-refractivity contribution in [3.63, 3.8) is 0 Å². The van der Waals surface area contributed by atoms with E-state index < -0.39 is 11.6 Å². The number of hydrogen-bond donors (Lipinski definition) is 2. The van der Waals surface area contributed by atoms with E-state index in [1.54, 1.807) is 7.05 Å². The van der Waals surface area contributed by atoms with Crippen LogP contribution in [0.1, 0.15) is 41.0 Å². The molecule has 1 heterocycles. The van der Waals surface area contributed by atoms with Crippen LogP contribution < -0.4 is 10.6 Å². The van der Waals surface area contributed by atoms with Gasteiger partial charge < -0.3 is 10.6 Å². The molecule has 1 aromatic rings. The van der Waals surface area contributed by atoms with E-state index in [4.69, 9.17) is 0 Å². The van der Waals surface area contributed by atoms with Gasteiger partial charge in [-0.1, -0.05) is 20.8 Å². The van der Waals surface area contributed by atoms with Crippen LogP contribution in [0.25, 0.3) is 0 Å². The van der Waals surface area contributed by atoms with Crippen LogP contribution in [0.3, 0.4) is 0 Å². The zero-order chi connectivity index (χ0) is 14.8. The summed E-state index contributed by atoms with van der Waals surface area (Å²) in [5.74, 6) is -1.27. The number of nitrogens with one attached hydrogen (secondary N) is 2. The van der Waals surface area contributed by atoms with Gasteiger partial charge >= 0.3 is 0 Å². The third-order valence-corrected chi connectivity index (χ3v) is 2.60. The molecule has 1 aromatic heterocycles. The lowest BCUT2D eigenvalue weighted by molar-refractivity contribution is 0.301. The summed E-state index contributed by atoms with van der Waals surface area (Å²) in [5.41, 5.74) is -0.242. The van der Waals surface area contributed by atoms with Crippen molar-refractivity contribution in [1.29, 1.82) is 0 Å². The lowest BCUT2D eigenvalue weighted by atomic mass is 9.82. The molecule has 0 spiro atoms. The van der Waals surface area contributed by atoms with Crippen molar-refractivity contribution in [3.05, 3.63) is 17.7 Å². The molecule has 0 unspecified atom stereocenters. The maximum atomic E-state index is 13.7. The lowest BCUT2D eigenvalue weighted by Crippen LogP contribution is -2.36. The molecule has 0 aliphatic rings. The molecule has 108 valence electrons. The van der Waals surface area contributed by atoms with Crippen LogP contribution in [-0.4, -0.2) is 17.6 Å². The molecule has 2 N–H and O–H groups in total. The summed E-state index contributed by atoms with van der Waals surface area (Å²) < 4.78 is 27.1. The molecule has 0 saturated heterocycles. The Morgan fingerprint density at radius 1 is 1.05 bits per heavy atom. The molecular formula is C14H23F2N3. The maximum Gasteiger partial charge on any atom is 0.168 e. The van der Waals surface area contributed by atoms with Crippen molar-refractivity contribution < 1.29 is 8.78 Å². The molecule has 0 aliphatic carbocycles. The Morgan fingerprint density at radius 2 is 1.58 bits per heavy atom. The average molecular weight is 271 g/mol. The highest BCUT2D eigenvalue weighted by Gasteiger charge is 2.27. The summed E-state index contributed by atoms with van der Waals surface area (Å²) in [4.78, 5) is 3.93. The van der Waals surface area contributed by atoms with Gasteiger partial charge in [0.15, 0.2) is 23.3 Å². The average Bonchev–Trinajstić information content (AvgIpc) is 2.18. The molecule has 0 bridgehead atoms. The maximum absolute atomic E-state index is 13.7. The van der Waals surface area contributed by atoms with Crippen molar-refractivity contribution in [2.24, 2.45) is 5.41 Å². The van der Waals surface area contributed by atoms with E-state index in [1.807, 2.05) is 13.8 Å². The summed E-state index contributed by atoms with van der Waals surface area (Å²) >= 11 is 0. The van der Waals surface area contributed by atoms with Crippen LogP contribution in [0.4, 0.5) is 20.4 Å². The monoisotopic (exact) mass is 271 g/mol. The molecule has 0 saturated carbocycles. The van der Waals surface area contributed by atoms with Gasteiger partial charge in [-0.2, -0.15) is 0 Å². The fourth-order valence-electron chi connectivity index (χ4n) is 2.42. The summed E-state index contributed by atoms with van der Waals surface area (Å²) in [5, 5.41) is 5.66. The number of pyridine rings is 1. The second-order valence-electron chi connectivity index (χ2n) is 6.65. The number of anilines is 2. The van der Waals surface area contributed by atoms with E-state index in [0.717, 1.165) is 12.5 Å². The standard InChI is InChI=1S/C14H23F2N3/c1-13(2,3)8-14(4,5)19-12-10(16)7-9(15)11(17-6)18-12/h7H,8H2,1-6H3,(H2,17,18,19). The van der Waals surface area contributed by atoms with Gasteiger partial charge in [-0.15, -0.1) is 0 Å². The second-order valence-corrected chi connectivity index (χ2v) is 6.65. The Bertz CT molecular complexity index is 451. The van der Waals surface area contributed by atoms with E-state index in [0.29, 0.717) is 0 Å². The minimum atomic E-state index is -0.695. The molecular weight excluding hydrogens is 248 g/mol. The summed E-state index contributed by atoms with van der Waals surface area (Å²) in [6.45, 7) is 10.3. The van der Waals surface area contributed by atoms with Crippen LogP contribution in [-0.2, 0) is 0 Å². The summed E-state index contributed by atoms with van der Waals surface area (Å²) in [6, 6.07) is 0.842. The second kappa shape index (κ2) is 5.31. The highest BCUT2D eigenvalue weighted by atomic mass is 19.1. The number of halogens is 2. The highest BCUT2D eigenvalue weighted by Crippen LogP contribution is 2.30. The summed E-state index contributed by atoms with van der Waals surface area (Å²) in [6.07, 6.45) is 0.827. The third kappa shape index (κ3) is 4.65. The molecule has 0 aromatic carbocycles. The third-order valence-electron chi connectivity index (χ3n) is 2.60. The smallest absolute Gasteiger partial charge is 0.168 e. The van der Waals surface area contributed by atoms with Gasteiger partial charge in [0.05, 0.1) is 0 Å². The van der Waals surface area contributed by atoms with E-state index in [1.165, 1.54) is 0 Å². The SMILES string of the molecule is CNc1nc(NC(C)(C)CC(C)(C)C)c(F)cc1F. The van der Waals surface area contributed by atoms with Crippen molar-refractivity contribution in [1.82, 2.24) is 4.98 Å². The van der Waals surface area contributed by atoms with Gasteiger partial charge in [0.1, 0.15) is 0 Å². The van der Waals surface area contributed by atoms with E-state index in [-0.39, 0.29) is 22.6 Å². The Morgan fingerprint density at radius 3 is 2.05 bits per heavy atom. The van der Waals surface area contributed by atoms with Crippen molar-refractivity contribution in [3.8, 4) is 0 Å². The molecule has 1 rings (SSSR count). The number of rotatable bonds is 4. The topological polar surface area (TPSA) is 37.0 Å². The van der Waals surface area contributed by atoms with Crippen molar-refractivity contribution in [2.45, 2.75) is 46.6 Å². The number of nitrogens with zero attached hydrogens (tertiary/aromatic N) is 1. The summed E-state index contributed by atoms with van der Waals surface area (Å²) in [7, 11) is 1.55. The van der Waals surface area contributed by atoms with Crippen LogP contribution in [0.5, 0.6) is 0 Å².